The van der Waals surface area contributed by atoms with Crippen LogP contribution in [0.3, 0.4) is 0 Å². The Labute approximate surface area is 262 Å². The fraction of sp³-hybridized carbons (Fsp3) is 0.235. The van der Waals surface area contributed by atoms with Gasteiger partial charge >= 0.3 is 0 Å². The van der Waals surface area contributed by atoms with E-state index in [4.69, 9.17) is 11.6 Å². The highest BCUT2D eigenvalue weighted by molar-refractivity contribution is 7.89. The molecule has 44 heavy (non-hydrogen) atoms. The minimum atomic E-state index is -3.58. The molecule has 10 heteroatoms. The Kier molecular flexibility index (Phi) is 10.1. The number of hydrogen-bond donors (Lipinski definition) is 2. The van der Waals surface area contributed by atoms with Gasteiger partial charge in [-0.05, 0) is 71.8 Å². The van der Waals surface area contributed by atoms with Gasteiger partial charge in [0.05, 0.1) is 4.90 Å². The highest BCUT2D eigenvalue weighted by Crippen LogP contribution is 2.27. The van der Waals surface area contributed by atoms with Crippen molar-refractivity contribution in [1.29, 1.82) is 0 Å². The zero-order valence-electron chi connectivity index (χ0n) is 24.0. The molecule has 1 fully saturated rings. The Hall–Kier alpha value is -4.05. The first-order valence-electron chi connectivity index (χ1n) is 14.4. The van der Waals surface area contributed by atoms with Gasteiger partial charge in [0.2, 0.25) is 21.8 Å². The van der Waals surface area contributed by atoms with Crippen LogP contribution in [0.2, 0.25) is 5.02 Å². The van der Waals surface area contributed by atoms with Gasteiger partial charge in [-0.3, -0.25) is 9.59 Å². The second-order valence-electron chi connectivity index (χ2n) is 10.8. The lowest BCUT2D eigenvalue weighted by Gasteiger charge is -2.32. The Balaban J connectivity index is 1.38. The molecule has 0 aliphatic heterocycles. The van der Waals surface area contributed by atoms with E-state index in [0.717, 1.165) is 24.0 Å². The van der Waals surface area contributed by atoms with E-state index >= 15 is 0 Å². The van der Waals surface area contributed by atoms with E-state index in [-0.39, 0.29) is 42.3 Å². The molecule has 5 rings (SSSR count). The predicted molar refractivity (Wildman–Crippen MR) is 168 cm³/mol. The van der Waals surface area contributed by atoms with Crippen molar-refractivity contribution in [2.24, 2.45) is 0 Å². The smallest absolute Gasteiger partial charge is 0.247 e. The molecule has 2 N–H and O–H groups in total. The molecule has 1 aliphatic carbocycles. The van der Waals surface area contributed by atoms with Gasteiger partial charge in [0.1, 0.15) is 11.9 Å². The topological polar surface area (TPSA) is 95.6 Å². The maximum Gasteiger partial charge on any atom is 0.247 e. The summed E-state index contributed by atoms with van der Waals surface area (Å²) in [7, 11) is -3.58. The van der Waals surface area contributed by atoms with Gasteiger partial charge in [0, 0.05) is 30.6 Å². The van der Waals surface area contributed by atoms with Crippen LogP contribution in [-0.4, -0.2) is 31.2 Å². The maximum absolute atomic E-state index is 13.9. The Morgan fingerprint density at radius 2 is 1.50 bits per heavy atom. The monoisotopic (exact) mass is 633 g/mol. The zero-order chi connectivity index (χ0) is 31.1. The van der Waals surface area contributed by atoms with Crippen molar-refractivity contribution in [2.45, 2.75) is 55.8 Å². The number of carbonyl (C=O) groups is 2. The molecule has 0 bridgehead atoms. The molecule has 0 radical (unpaired) electrons. The van der Waals surface area contributed by atoms with Crippen LogP contribution >= 0.6 is 11.6 Å². The largest absolute Gasteiger partial charge is 0.350 e. The average Bonchev–Trinajstić information content (AvgIpc) is 3.84. The summed E-state index contributed by atoms with van der Waals surface area (Å²) in [5.74, 6) is -1.08. The number of amides is 2. The van der Waals surface area contributed by atoms with Crippen LogP contribution in [0.1, 0.15) is 47.6 Å². The zero-order valence-corrected chi connectivity index (χ0v) is 25.5. The number of carbonyl (C=O) groups excluding carboxylic acids is 2. The SMILES string of the molecule is O=C(NCc1ccccc1Cl)C(c1ccccc1)N(Cc1ccc(F)cc1)C(=O)CCc1ccc(S(=O)(=O)NC2CC2)cc1. The lowest BCUT2D eigenvalue weighted by Crippen LogP contribution is -2.43. The summed E-state index contributed by atoms with van der Waals surface area (Å²) in [4.78, 5) is 29.4. The standard InChI is InChI=1S/C34H33ClFN3O4S/c35-31-9-5-4-8-27(31)22-37-34(41)33(26-6-2-1-3-7-26)39(23-25-10-15-28(36)16-11-25)32(40)21-14-24-12-19-30(20-13-24)44(42,43)38-29-17-18-29/h1-13,15-16,19-20,29,33,38H,14,17-18,21-23H2,(H,37,41). The minimum Gasteiger partial charge on any atom is -0.350 e. The van der Waals surface area contributed by atoms with Gasteiger partial charge in [0.15, 0.2) is 0 Å². The summed E-state index contributed by atoms with van der Waals surface area (Å²) in [5.41, 5.74) is 2.81. The molecule has 1 saturated carbocycles. The number of hydrogen-bond acceptors (Lipinski definition) is 4. The maximum atomic E-state index is 13.9. The van der Waals surface area contributed by atoms with Crippen LogP contribution in [0.15, 0.2) is 108 Å². The minimum absolute atomic E-state index is 0.00354. The summed E-state index contributed by atoms with van der Waals surface area (Å²) in [5, 5.41) is 3.46. The summed E-state index contributed by atoms with van der Waals surface area (Å²) in [6.45, 7) is 0.244. The van der Waals surface area contributed by atoms with Crippen molar-refractivity contribution in [3.05, 3.63) is 136 Å². The van der Waals surface area contributed by atoms with Gasteiger partial charge in [-0.25, -0.2) is 17.5 Å². The van der Waals surface area contributed by atoms with Crippen molar-refractivity contribution in [1.82, 2.24) is 14.9 Å². The molecule has 0 aromatic heterocycles. The molecule has 0 spiro atoms. The summed E-state index contributed by atoms with van der Waals surface area (Å²) in [6, 6.07) is 27.5. The van der Waals surface area contributed by atoms with E-state index in [1.54, 1.807) is 60.7 Å². The van der Waals surface area contributed by atoms with Crippen molar-refractivity contribution < 1.29 is 22.4 Å². The number of aryl methyl sites for hydroxylation is 1. The van der Waals surface area contributed by atoms with Crippen molar-refractivity contribution in [3.63, 3.8) is 0 Å². The Morgan fingerprint density at radius 3 is 2.16 bits per heavy atom. The molecule has 1 atom stereocenters. The number of nitrogens with one attached hydrogen (secondary N) is 2. The van der Waals surface area contributed by atoms with Crippen LogP contribution in [0.5, 0.6) is 0 Å². The van der Waals surface area contributed by atoms with Gasteiger partial charge in [-0.2, -0.15) is 0 Å². The fourth-order valence-corrected chi connectivity index (χ4v) is 6.37. The first-order valence-corrected chi connectivity index (χ1v) is 16.3. The third-order valence-corrected chi connectivity index (χ3v) is 9.34. The van der Waals surface area contributed by atoms with Gasteiger partial charge in [-0.1, -0.05) is 84.4 Å². The third-order valence-electron chi connectivity index (χ3n) is 7.43. The molecular formula is C34H33ClFN3O4S. The summed E-state index contributed by atoms with van der Waals surface area (Å²) >= 11 is 6.31. The van der Waals surface area contributed by atoms with Crippen LogP contribution in [-0.2, 0) is 39.1 Å². The predicted octanol–water partition coefficient (Wildman–Crippen LogP) is 5.94. The number of halogens is 2. The quantitative estimate of drug-likeness (QED) is 0.191. The van der Waals surface area contributed by atoms with Gasteiger partial charge in [0.25, 0.3) is 0 Å². The van der Waals surface area contributed by atoms with E-state index < -0.39 is 21.9 Å². The van der Waals surface area contributed by atoms with Gasteiger partial charge in [-0.15, -0.1) is 0 Å². The molecule has 228 valence electrons. The van der Waals surface area contributed by atoms with Crippen molar-refractivity contribution in [3.8, 4) is 0 Å². The average molecular weight is 634 g/mol. The molecule has 4 aromatic rings. The first-order chi connectivity index (χ1) is 21.2. The molecule has 1 aliphatic rings. The van der Waals surface area contributed by atoms with E-state index in [0.29, 0.717) is 22.6 Å². The second-order valence-corrected chi connectivity index (χ2v) is 12.9. The van der Waals surface area contributed by atoms with E-state index in [1.165, 1.54) is 29.2 Å². The van der Waals surface area contributed by atoms with E-state index in [2.05, 4.69) is 10.0 Å². The molecule has 1 unspecified atom stereocenters. The normalized spacial score (nSPS) is 13.7. The van der Waals surface area contributed by atoms with E-state index in [9.17, 15) is 22.4 Å². The number of nitrogens with zero attached hydrogens (tertiary/aromatic N) is 1. The number of sulfonamides is 1. The number of benzene rings is 4. The molecule has 0 saturated heterocycles. The fourth-order valence-electron chi connectivity index (χ4n) is 4.86. The lowest BCUT2D eigenvalue weighted by atomic mass is 10.0. The Bertz CT molecular complexity index is 1700. The van der Waals surface area contributed by atoms with Crippen LogP contribution in [0.25, 0.3) is 0 Å². The molecule has 7 nitrogen and oxygen atoms in total. The van der Waals surface area contributed by atoms with Crippen molar-refractivity contribution >= 4 is 33.4 Å². The van der Waals surface area contributed by atoms with E-state index in [1.807, 2.05) is 18.2 Å². The number of rotatable bonds is 13. The highest BCUT2D eigenvalue weighted by atomic mass is 35.5. The van der Waals surface area contributed by atoms with Gasteiger partial charge < -0.3 is 10.2 Å². The molecular weight excluding hydrogens is 601 g/mol. The Morgan fingerprint density at radius 1 is 0.864 bits per heavy atom. The first kappa shape index (κ1) is 31.4. The van der Waals surface area contributed by atoms with Crippen LogP contribution < -0.4 is 10.0 Å². The van der Waals surface area contributed by atoms with Crippen LogP contribution in [0, 0.1) is 5.82 Å². The second kappa shape index (κ2) is 14.2. The summed E-state index contributed by atoms with van der Waals surface area (Å²) < 4.78 is 41.4. The molecule has 4 aromatic carbocycles. The third kappa shape index (κ3) is 8.31. The summed E-state index contributed by atoms with van der Waals surface area (Å²) in [6.07, 6.45) is 2.08. The molecule has 2 amide bonds. The molecule has 0 heterocycles. The van der Waals surface area contributed by atoms with Crippen molar-refractivity contribution in [2.75, 3.05) is 0 Å². The lowest BCUT2D eigenvalue weighted by molar-refractivity contribution is -0.141. The van der Waals surface area contributed by atoms with Crippen LogP contribution in [0.4, 0.5) is 4.39 Å². The highest BCUT2D eigenvalue weighted by Gasteiger charge is 2.32.